The van der Waals surface area contributed by atoms with Crippen LogP contribution in [0.25, 0.3) is 0 Å². The molecule has 2 aliphatic heterocycles. The van der Waals surface area contributed by atoms with Crippen molar-refractivity contribution in [3.8, 4) is 11.5 Å². The molecule has 2 aliphatic rings. The van der Waals surface area contributed by atoms with E-state index >= 15 is 0 Å². The molecule has 0 saturated carbocycles. The first-order valence-electron chi connectivity index (χ1n) is 7.64. The van der Waals surface area contributed by atoms with Gasteiger partial charge in [-0.15, -0.1) is 24.0 Å². The van der Waals surface area contributed by atoms with Crippen LogP contribution >= 0.6 is 24.0 Å². The number of hydrazone groups is 1. The number of nitrogens with zero attached hydrogens (tertiary/aromatic N) is 3. The van der Waals surface area contributed by atoms with Crippen LogP contribution in [0.2, 0.25) is 0 Å². The van der Waals surface area contributed by atoms with Crippen LogP contribution in [0.1, 0.15) is 24.8 Å². The zero-order valence-electron chi connectivity index (χ0n) is 13.5. The number of hydrogen-bond acceptors (Lipinski definition) is 4. The fraction of sp³-hybridized carbons (Fsp3) is 0.500. The maximum absolute atomic E-state index is 8.28. The van der Waals surface area contributed by atoms with Crippen LogP contribution in [0.5, 0.6) is 11.5 Å². The predicted octanol–water partition coefficient (Wildman–Crippen LogP) is 2.76. The summed E-state index contributed by atoms with van der Waals surface area (Å²) in [5, 5.41) is 14.7. The van der Waals surface area contributed by atoms with Crippen molar-refractivity contribution < 1.29 is 9.47 Å². The third kappa shape index (κ3) is 3.70. The van der Waals surface area contributed by atoms with Crippen molar-refractivity contribution >= 4 is 35.6 Å². The molecule has 3 rings (SSSR count). The molecule has 1 fully saturated rings. The summed E-state index contributed by atoms with van der Waals surface area (Å²) >= 11 is 0. The SMILES string of the molecule is COc1ccc(C2=NN(C(=N)N3CCCC3)CC2)cc1OC.I. The van der Waals surface area contributed by atoms with Gasteiger partial charge in [0.1, 0.15) is 0 Å². The summed E-state index contributed by atoms with van der Waals surface area (Å²) in [5.74, 6) is 1.94. The molecule has 0 aromatic heterocycles. The normalized spacial score (nSPS) is 16.9. The zero-order chi connectivity index (χ0) is 15.5. The minimum atomic E-state index is 0. The van der Waals surface area contributed by atoms with E-state index in [-0.39, 0.29) is 24.0 Å². The summed E-state index contributed by atoms with van der Waals surface area (Å²) in [5.41, 5.74) is 2.01. The Bertz CT molecular complexity index is 600. The van der Waals surface area contributed by atoms with E-state index in [1.54, 1.807) is 19.2 Å². The molecule has 6 nitrogen and oxygen atoms in total. The lowest BCUT2D eigenvalue weighted by atomic mass is 10.1. The Morgan fingerprint density at radius 2 is 1.78 bits per heavy atom. The van der Waals surface area contributed by atoms with Gasteiger partial charge in [0.2, 0.25) is 5.96 Å². The molecule has 126 valence electrons. The van der Waals surface area contributed by atoms with E-state index in [0.717, 1.165) is 37.3 Å². The molecule has 0 radical (unpaired) electrons. The van der Waals surface area contributed by atoms with Crippen molar-refractivity contribution in [1.29, 1.82) is 5.41 Å². The van der Waals surface area contributed by atoms with Crippen molar-refractivity contribution in [2.24, 2.45) is 5.10 Å². The second-order valence-corrected chi connectivity index (χ2v) is 5.51. The summed E-state index contributed by atoms with van der Waals surface area (Å²) in [4.78, 5) is 2.10. The number of benzene rings is 1. The molecular weight excluding hydrogens is 407 g/mol. The number of likely N-dealkylation sites (tertiary alicyclic amines) is 1. The van der Waals surface area contributed by atoms with Crippen molar-refractivity contribution in [1.82, 2.24) is 9.91 Å². The lowest BCUT2D eigenvalue weighted by molar-refractivity contribution is 0.355. The highest BCUT2D eigenvalue weighted by molar-refractivity contribution is 14.0. The molecule has 7 heteroatoms. The molecule has 0 spiro atoms. The molecule has 2 heterocycles. The van der Waals surface area contributed by atoms with Gasteiger partial charge in [-0.25, -0.2) is 5.01 Å². The molecule has 0 unspecified atom stereocenters. The molecule has 1 saturated heterocycles. The van der Waals surface area contributed by atoms with Gasteiger partial charge in [0.25, 0.3) is 0 Å². The first-order valence-corrected chi connectivity index (χ1v) is 7.64. The second-order valence-electron chi connectivity index (χ2n) is 5.51. The highest BCUT2D eigenvalue weighted by atomic mass is 127. The van der Waals surface area contributed by atoms with Crippen LogP contribution in [0.4, 0.5) is 0 Å². The van der Waals surface area contributed by atoms with Crippen LogP contribution < -0.4 is 9.47 Å². The van der Waals surface area contributed by atoms with Gasteiger partial charge in [-0.05, 0) is 31.0 Å². The number of hydrogen-bond donors (Lipinski definition) is 1. The predicted molar refractivity (Wildman–Crippen MR) is 101 cm³/mol. The Morgan fingerprint density at radius 3 is 2.43 bits per heavy atom. The molecule has 23 heavy (non-hydrogen) atoms. The summed E-state index contributed by atoms with van der Waals surface area (Å²) in [7, 11) is 3.26. The minimum Gasteiger partial charge on any atom is -0.493 e. The Morgan fingerprint density at radius 1 is 1.09 bits per heavy atom. The van der Waals surface area contributed by atoms with Crippen molar-refractivity contribution in [3.63, 3.8) is 0 Å². The van der Waals surface area contributed by atoms with E-state index in [2.05, 4.69) is 10.0 Å². The van der Waals surface area contributed by atoms with Crippen molar-refractivity contribution in [2.45, 2.75) is 19.3 Å². The van der Waals surface area contributed by atoms with E-state index < -0.39 is 0 Å². The van der Waals surface area contributed by atoms with Gasteiger partial charge in [0, 0.05) is 25.1 Å². The molecule has 1 N–H and O–H groups in total. The van der Waals surface area contributed by atoms with Gasteiger partial charge in [-0.2, -0.15) is 5.10 Å². The van der Waals surface area contributed by atoms with Crippen LogP contribution in [0.15, 0.2) is 23.3 Å². The van der Waals surface area contributed by atoms with E-state index in [1.165, 1.54) is 12.8 Å². The number of rotatable bonds is 3. The van der Waals surface area contributed by atoms with Crippen LogP contribution in [-0.2, 0) is 0 Å². The van der Waals surface area contributed by atoms with Gasteiger partial charge in [0.15, 0.2) is 11.5 Å². The Hall–Kier alpha value is -1.51. The quantitative estimate of drug-likeness (QED) is 0.455. The van der Waals surface area contributed by atoms with Crippen molar-refractivity contribution in [3.05, 3.63) is 23.8 Å². The lowest BCUT2D eigenvalue weighted by Gasteiger charge is -2.23. The molecule has 0 atom stereocenters. The van der Waals surface area contributed by atoms with E-state index in [1.807, 2.05) is 18.2 Å². The smallest absolute Gasteiger partial charge is 0.214 e. The third-order valence-electron chi connectivity index (χ3n) is 4.17. The number of methoxy groups -OCH3 is 2. The molecule has 1 aromatic rings. The summed E-state index contributed by atoms with van der Waals surface area (Å²) < 4.78 is 10.6. The van der Waals surface area contributed by atoms with Crippen LogP contribution in [0, 0.1) is 5.41 Å². The average Bonchev–Trinajstić information content (AvgIpc) is 3.25. The second kappa shape index (κ2) is 7.85. The Kier molecular flexibility index (Phi) is 6.09. The first kappa shape index (κ1) is 17.8. The Labute approximate surface area is 154 Å². The van der Waals surface area contributed by atoms with Gasteiger partial charge in [-0.3, -0.25) is 5.41 Å². The maximum Gasteiger partial charge on any atom is 0.214 e. The number of nitrogens with one attached hydrogen (secondary N) is 1. The minimum absolute atomic E-state index is 0. The zero-order valence-corrected chi connectivity index (χ0v) is 15.9. The Balaban J connectivity index is 0.00000192. The first-order chi connectivity index (χ1) is 10.7. The number of ether oxygens (including phenoxy) is 2. The van der Waals surface area contributed by atoms with E-state index in [9.17, 15) is 0 Å². The fourth-order valence-electron chi connectivity index (χ4n) is 2.92. The topological polar surface area (TPSA) is 61.2 Å². The largest absolute Gasteiger partial charge is 0.493 e. The highest BCUT2D eigenvalue weighted by Gasteiger charge is 2.25. The van der Waals surface area contributed by atoms with Crippen molar-refractivity contribution in [2.75, 3.05) is 33.9 Å². The summed E-state index contributed by atoms with van der Waals surface area (Å²) in [6.45, 7) is 2.70. The number of halogens is 1. The maximum atomic E-state index is 8.28. The highest BCUT2D eigenvalue weighted by Crippen LogP contribution is 2.29. The van der Waals surface area contributed by atoms with Gasteiger partial charge in [-0.1, -0.05) is 0 Å². The molecule has 0 bridgehead atoms. The monoisotopic (exact) mass is 430 g/mol. The summed E-state index contributed by atoms with van der Waals surface area (Å²) in [6.07, 6.45) is 3.18. The molecule has 0 amide bonds. The number of guanidine groups is 1. The summed E-state index contributed by atoms with van der Waals surface area (Å²) in [6, 6.07) is 5.83. The van der Waals surface area contributed by atoms with E-state index in [4.69, 9.17) is 14.9 Å². The molecular formula is C16H23IN4O2. The average molecular weight is 430 g/mol. The van der Waals surface area contributed by atoms with E-state index in [0.29, 0.717) is 17.5 Å². The van der Waals surface area contributed by atoms with Crippen LogP contribution in [0.3, 0.4) is 0 Å². The molecule has 1 aromatic carbocycles. The third-order valence-corrected chi connectivity index (χ3v) is 4.17. The van der Waals surface area contributed by atoms with Crippen LogP contribution in [-0.4, -0.2) is 55.4 Å². The van der Waals surface area contributed by atoms with Gasteiger partial charge in [0.05, 0.1) is 26.5 Å². The molecule has 0 aliphatic carbocycles. The fourth-order valence-corrected chi connectivity index (χ4v) is 2.92. The van der Waals surface area contributed by atoms with Gasteiger partial charge < -0.3 is 14.4 Å². The lowest BCUT2D eigenvalue weighted by Crippen LogP contribution is -2.38. The van der Waals surface area contributed by atoms with Gasteiger partial charge >= 0.3 is 0 Å². The standard InChI is InChI=1S/C16H22N4O2.HI/c1-21-14-6-5-12(11-15(14)22-2)13-7-10-20(18-13)16(17)19-8-3-4-9-19;/h5-6,11,17H,3-4,7-10H2,1-2H3;1H.